The highest BCUT2D eigenvalue weighted by Gasteiger charge is 2.44. The van der Waals surface area contributed by atoms with Crippen LogP contribution in [0.3, 0.4) is 0 Å². The Labute approximate surface area is 134 Å². The van der Waals surface area contributed by atoms with Crippen LogP contribution < -0.4 is 10.4 Å². The second-order valence-electron chi connectivity index (χ2n) is 6.18. The highest BCUT2D eigenvalue weighted by atomic mass is 16.8. The van der Waals surface area contributed by atoms with Crippen LogP contribution in [0.5, 0.6) is 5.75 Å². The second-order valence-corrected chi connectivity index (χ2v) is 6.18. The Hall–Kier alpha value is -2.11. The smallest absolute Gasteiger partial charge is 0.336 e. The highest BCUT2D eigenvalue weighted by Crippen LogP contribution is 2.46. The number of ether oxygens (including phenoxy) is 3. The van der Waals surface area contributed by atoms with Crippen molar-refractivity contribution in [2.24, 2.45) is 0 Å². The van der Waals surface area contributed by atoms with E-state index in [0.29, 0.717) is 16.9 Å². The van der Waals surface area contributed by atoms with Crippen LogP contribution in [-0.2, 0) is 9.47 Å². The minimum Gasteiger partial charge on any atom is -0.496 e. The molecule has 0 spiro atoms. The van der Waals surface area contributed by atoms with Crippen molar-refractivity contribution < 1.29 is 18.6 Å². The maximum atomic E-state index is 11.7. The van der Waals surface area contributed by atoms with E-state index in [-0.39, 0.29) is 6.10 Å². The van der Waals surface area contributed by atoms with E-state index >= 15 is 0 Å². The third kappa shape index (κ3) is 2.78. The molecule has 0 radical (unpaired) electrons. The molecule has 3 rings (SSSR count). The van der Waals surface area contributed by atoms with Gasteiger partial charge in [-0.15, -0.1) is 0 Å². The molecule has 5 nitrogen and oxygen atoms in total. The Morgan fingerprint density at radius 2 is 1.91 bits per heavy atom. The monoisotopic (exact) mass is 316 g/mol. The molecule has 5 heteroatoms. The molecule has 23 heavy (non-hydrogen) atoms. The van der Waals surface area contributed by atoms with E-state index in [0.717, 1.165) is 11.0 Å². The van der Waals surface area contributed by atoms with Crippen molar-refractivity contribution >= 4 is 11.0 Å². The predicted molar refractivity (Wildman–Crippen MR) is 86.6 cm³/mol. The van der Waals surface area contributed by atoms with E-state index in [1.807, 2.05) is 32.9 Å². The first kappa shape index (κ1) is 15.8. The van der Waals surface area contributed by atoms with E-state index in [4.69, 9.17) is 18.6 Å². The molecule has 122 valence electrons. The molecule has 1 saturated heterocycles. The molecule has 2 heterocycles. The Kier molecular flexibility index (Phi) is 3.78. The molecule has 0 bridgehead atoms. The van der Waals surface area contributed by atoms with Crippen molar-refractivity contribution in [3.8, 4) is 5.75 Å². The predicted octanol–water partition coefficient (Wildman–Crippen LogP) is 3.57. The zero-order valence-corrected chi connectivity index (χ0v) is 13.7. The van der Waals surface area contributed by atoms with Gasteiger partial charge in [0, 0.05) is 11.5 Å². The van der Waals surface area contributed by atoms with Crippen molar-refractivity contribution in [2.45, 2.75) is 38.8 Å². The van der Waals surface area contributed by atoms with E-state index in [1.165, 1.54) is 6.07 Å². The van der Waals surface area contributed by atoms with Gasteiger partial charge >= 0.3 is 5.63 Å². The summed E-state index contributed by atoms with van der Waals surface area (Å²) >= 11 is 0. The lowest BCUT2D eigenvalue weighted by Crippen LogP contribution is -2.21. The van der Waals surface area contributed by atoms with Crippen molar-refractivity contribution in [3.05, 3.63) is 52.4 Å². The fourth-order valence-corrected chi connectivity index (χ4v) is 2.92. The molecule has 0 unspecified atom stereocenters. The molecular formula is C18H20O5. The van der Waals surface area contributed by atoms with Gasteiger partial charge in [-0.1, -0.05) is 6.58 Å². The van der Waals surface area contributed by atoms with Crippen LogP contribution in [0.2, 0.25) is 0 Å². The van der Waals surface area contributed by atoms with Crippen LogP contribution in [0.4, 0.5) is 0 Å². The lowest BCUT2D eigenvalue weighted by atomic mass is 9.97. The molecule has 2 aromatic rings. The van der Waals surface area contributed by atoms with Gasteiger partial charge in [0.15, 0.2) is 5.79 Å². The van der Waals surface area contributed by atoms with Gasteiger partial charge in [0.05, 0.1) is 12.7 Å². The van der Waals surface area contributed by atoms with E-state index in [9.17, 15) is 4.79 Å². The number of rotatable bonds is 3. The third-order valence-electron chi connectivity index (χ3n) is 3.87. The van der Waals surface area contributed by atoms with Gasteiger partial charge in [-0.25, -0.2) is 4.79 Å². The standard InChI is InChI=1S/C18H20O5/c1-10(2)15-17(23-18(3,4)22-15)14-12(20-5)8-6-11-7-9-13(19)21-16(11)14/h6-9,15,17H,1H2,2-5H3/t15-,17-/m0/s1. The molecule has 1 aromatic heterocycles. The number of hydrogen-bond donors (Lipinski definition) is 0. The molecule has 1 aliphatic heterocycles. The van der Waals surface area contributed by atoms with Gasteiger partial charge in [-0.3, -0.25) is 0 Å². The molecule has 1 aliphatic rings. The Balaban J connectivity index is 2.26. The number of hydrogen-bond acceptors (Lipinski definition) is 5. The van der Waals surface area contributed by atoms with Crippen LogP contribution in [0.1, 0.15) is 32.4 Å². The Bertz CT molecular complexity index is 818. The van der Waals surface area contributed by atoms with Crippen LogP contribution in [0, 0.1) is 0 Å². The summed E-state index contributed by atoms with van der Waals surface area (Å²) in [5.74, 6) is -0.180. The van der Waals surface area contributed by atoms with Gasteiger partial charge in [0.25, 0.3) is 0 Å². The minimum absolute atomic E-state index is 0.352. The summed E-state index contributed by atoms with van der Waals surface area (Å²) in [7, 11) is 1.57. The van der Waals surface area contributed by atoms with Gasteiger partial charge in [0.2, 0.25) is 0 Å². The van der Waals surface area contributed by atoms with Crippen molar-refractivity contribution in [1.29, 1.82) is 0 Å². The maximum absolute atomic E-state index is 11.7. The average Bonchev–Trinajstić information content (AvgIpc) is 2.81. The first-order valence-corrected chi connectivity index (χ1v) is 7.44. The molecule has 2 atom stereocenters. The van der Waals surface area contributed by atoms with Gasteiger partial charge in [-0.05, 0) is 44.5 Å². The molecule has 0 aliphatic carbocycles. The van der Waals surface area contributed by atoms with E-state index < -0.39 is 17.5 Å². The molecule has 1 aromatic carbocycles. The third-order valence-corrected chi connectivity index (χ3v) is 3.87. The second kappa shape index (κ2) is 5.51. The summed E-state index contributed by atoms with van der Waals surface area (Å²) in [6.07, 6.45) is -0.818. The quantitative estimate of drug-likeness (QED) is 0.640. The zero-order chi connectivity index (χ0) is 16.8. The lowest BCUT2D eigenvalue weighted by Gasteiger charge is -2.20. The summed E-state index contributed by atoms with van der Waals surface area (Å²) in [5, 5.41) is 0.800. The van der Waals surface area contributed by atoms with Crippen LogP contribution in [0.15, 0.2) is 45.6 Å². The summed E-state index contributed by atoms with van der Waals surface area (Å²) in [6.45, 7) is 9.57. The number of methoxy groups -OCH3 is 1. The first-order valence-electron chi connectivity index (χ1n) is 7.44. The van der Waals surface area contributed by atoms with Crippen LogP contribution >= 0.6 is 0 Å². The van der Waals surface area contributed by atoms with Gasteiger partial charge in [-0.2, -0.15) is 0 Å². The van der Waals surface area contributed by atoms with Crippen molar-refractivity contribution in [2.75, 3.05) is 7.11 Å². The van der Waals surface area contributed by atoms with Gasteiger partial charge in [0.1, 0.15) is 23.5 Å². The Morgan fingerprint density at radius 1 is 1.22 bits per heavy atom. The summed E-state index contributed by atoms with van der Waals surface area (Å²) in [4.78, 5) is 11.7. The van der Waals surface area contributed by atoms with Crippen molar-refractivity contribution in [3.63, 3.8) is 0 Å². The SMILES string of the molecule is C=C(C)[C@@H]1OC(C)(C)O[C@H]1c1c(OC)ccc2ccc(=O)oc12. The van der Waals surface area contributed by atoms with Crippen LogP contribution in [0.25, 0.3) is 11.0 Å². The topological polar surface area (TPSA) is 57.9 Å². The molecule has 1 fully saturated rings. The molecule has 0 amide bonds. The fourth-order valence-electron chi connectivity index (χ4n) is 2.92. The maximum Gasteiger partial charge on any atom is 0.336 e. The summed E-state index contributed by atoms with van der Waals surface area (Å²) in [5.41, 5.74) is 1.53. The Morgan fingerprint density at radius 3 is 2.57 bits per heavy atom. The van der Waals surface area contributed by atoms with Gasteiger partial charge < -0.3 is 18.6 Å². The molecule has 0 N–H and O–H groups in total. The average molecular weight is 316 g/mol. The summed E-state index contributed by atoms with van der Waals surface area (Å²) in [6, 6.07) is 6.80. The van der Waals surface area contributed by atoms with E-state index in [2.05, 4.69) is 6.58 Å². The molecular weight excluding hydrogens is 296 g/mol. The van der Waals surface area contributed by atoms with Crippen LogP contribution in [-0.4, -0.2) is 19.0 Å². The van der Waals surface area contributed by atoms with Crippen molar-refractivity contribution in [1.82, 2.24) is 0 Å². The first-order chi connectivity index (χ1) is 10.8. The normalized spacial score (nSPS) is 23.1. The molecule has 0 saturated carbocycles. The fraction of sp³-hybridized carbons (Fsp3) is 0.389. The minimum atomic E-state index is -0.767. The summed E-state index contributed by atoms with van der Waals surface area (Å²) < 4.78 is 23.0. The zero-order valence-electron chi connectivity index (χ0n) is 13.7. The van der Waals surface area contributed by atoms with E-state index in [1.54, 1.807) is 13.2 Å². The highest BCUT2D eigenvalue weighted by molar-refractivity contribution is 5.82. The lowest BCUT2D eigenvalue weighted by molar-refractivity contribution is -0.144. The largest absolute Gasteiger partial charge is 0.496 e. The number of fused-ring (bicyclic) bond motifs is 1. The number of benzene rings is 1.